The number of aryl methyl sites for hydroxylation is 1. The van der Waals surface area contributed by atoms with Crippen LogP contribution in [0.15, 0.2) is 5.38 Å². The fraction of sp³-hybridized carbons (Fsp3) is 0.500. The molecule has 0 atom stereocenters. The molecule has 0 aliphatic heterocycles. The summed E-state index contributed by atoms with van der Waals surface area (Å²) in [5.74, 6) is 0.825. The second kappa shape index (κ2) is 3.49. The summed E-state index contributed by atoms with van der Waals surface area (Å²) in [6.07, 6.45) is 0. The van der Waals surface area contributed by atoms with Gasteiger partial charge in [0.15, 0.2) is 0 Å². The quantitative estimate of drug-likeness (QED) is 0.610. The van der Waals surface area contributed by atoms with Gasteiger partial charge in [-0.1, -0.05) is 36.2 Å². The molecule has 2 rings (SSSR count). The molecule has 0 aliphatic carbocycles. The van der Waals surface area contributed by atoms with E-state index < -0.39 is 8.07 Å². The molecule has 5 nitrogen and oxygen atoms in total. The maximum absolute atomic E-state index is 4.62. The Morgan fingerprint density at radius 3 is 2.60 bits per heavy atom. The molecule has 2 heterocycles. The Balaban J connectivity index is 2.41. The van der Waals surface area contributed by atoms with Crippen molar-refractivity contribution in [3.8, 4) is 5.13 Å². The molecule has 0 radical (unpaired) electrons. The first-order valence-corrected chi connectivity index (χ1v) is 9.12. The van der Waals surface area contributed by atoms with Crippen molar-refractivity contribution in [2.24, 2.45) is 0 Å². The number of nitrogens with zero attached hydrogens (tertiary/aromatic N) is 4. The second-order valence-corrected chi connectivity index (χ2v) is 10.3. The van der Waals surface area contributed by atoms with E-state index in [0.29, 0.717) is 0 Å². The minimum absolute atomic E-state index is 0.825. The lowest BCUT2D eigenvalue weighted by Gasteiger charge is -2.08. The first-order chi connectivity index (χ1) is 6.98. The third-order valence-electron chi connectivity index (χ3n) is 2.11. The predicted octanol–water partition coefficient (Wildman–Crippen LogP) is 0.392. The number of aromatic nitrogens is 5. The van der Waals surface area contributed by atoms with Gasteiger partial charge in [-0.05, 0) is 0 Å². The molecule has 2 aromatic heterocycles. The average molecular weight is 240 g/mol. The molecule has 1 N–H and O–H groups in total. The summed E-state index contributed by atoms with van der Waals surface area (Å²) in [5.41, 5.74) is 0. The van der Waals surface area contributed by atoms with Crippen molar-refractivity contribution in [3.63, 3.8) is 0 Å². The van der Waals surface area contributed by atoms with E-state index in [9.17, 15) is 0 Å². The van der Waals surface area contributed by atoms with E-state index in [4.69, 9.17) is 0 Å². The van der Waals surface area contributed by atoms with E-state index in [2.05, 4.69) is 45.5 Å². The number of H-pyrrole nitrogens is 1. The molecule has 0 amide bonds. The fourth-order valence-corrected chi connectivity index (χ4v) is 3.96. The molecule has 0 aromatic carbocycles. The van der Waals surface area contributed by atoms with Gasteiger partial charge in [-0.2, -0.15) is 0 Å². The molecule has 0 saturated heterocycles. The van der Waals surface area contributed by atoms with E-state index in [1.54, 1.807) is 16.0 Å². The Hall–Kier alpha value is -1.08. The van der Waals surface area contributed by atoms with Crippen LogP contribution < -0.4 is 10.00 Å². The second-order valence-electron chi connectivity index (χ2n) is 4.45. The van der Waals surface area contributed by atoms with Gasteiger partial charge in [0.1, 0.15) is 13.3 Å². The number of hydrogen-bond acceptors (Lipinski definition) is 4. The highest BCUT2D eigenvalue weighted by atomic mass is 32.1. The highest BCUT2D eigenvalue weighted by molar-refractivity contribution is 7.13. The molecule has 7 heteroatoms. The van der Waals surface area contributed by atoms with Crippen LogP contribution in [0.4, 0.5) is 0 Å². The molecule has 15 heavy (non-hydrogen) atoms. The molecule has 0 fully saturated rings. The van der Waals surface area contributed by atoms with E-state index >= 15 is 0 Å². The number of hydrogen-bond donors (Lipinski definition) is 1. The maximum atomic E-state index is 4.62. The Morgan fingerprint density at radius 2 is 2.13 bits per heavy atom. The third kappa shape index (κ3) is 1.98. The zero-order valence-corrected chi connectivity index (χ0v) is 11.1. The van der Waals surface area contributed by atoms with Crippen LogP contribution in [0.5, 0.6) is 0 Å². The van der Waals surface area contributed by atoms with Gasteiger partial charge in [0.25, 0.3) is 5.82 Å². The Kier molecular flexibility index (Phi) is 2.43. The summed E-state index contributed by atoms with van der Waals surface area (Å²) in [6, 6.07) is 0. The first kappa shape index (κ1) is 10.4. The van der Waals surface area contributed by atoms with Crippen molar-refractivity contribution in [2.75, 3.05) is 0 Å². The van der Waals surface area contributed by atoms with Crippen LogP contribution >= 0.6 is 11.3 Å². The van der Waals surface area contributed by atoms with Crippen molar-refractivity contribution in [1.82, 2.24) is 20.5 Å². The lowest BCUT2D eigenvalue weighted by molar-refractivity contribution is -0.666. The van der Waals surface area contributed by atoms with Crippen molar-refractivity contribution >= 4 is 24.7 Å². The van der Waals surface area contributed by atoms with Crippen LogP contribution in [0.3, 0.4) is 0 Å². The topological polar surface area (TPSA) is 58.3 Å². The van der Waals surface area contributed by atoms with E-state index in [1.807, 2.05) is 6.92 Å². The van der Waals surface area contributed by atoms with Crippen molar-refractivity contribution in [3.05, 3.63) is 11.2 Å². The first-order valence-electron chi connectivity index (χ1n) is 4.74. The standard InChI is InChI=1S/C8H13N5SSi/c1-6-10-11-12-13(6)8-9-7(5-14-8)15(2,3)4/h5H,1-4H3/p+1. The van der Waals surface area contributed by atoms with Gasteiger partial charge in [-0.3, -0.25) is 0 Å². The summed E-state index contributed by atoms with van der Waals surface area (Å²) in [5, 5.41) is 14.7. The van der Waals surface area contributed by atoms with Crippen LogP contribution in [0.1, 0.15) is 5.82 Å². The summed E-state index contributed by atoms with van der Waals surface area (Å²) < 4.78 is 1.80. The van der Waals surface area contributed by atoms with Crippen LogP contribution in [0, 0.1) is 6.92 Å². The predicted molar refractivity (Wildman–Crippen MR) is 61.3 cm³/mol. The lowest BCUT2D eigenvalue weighted by atomic mass is 10.7. The molecule has 0 aliphatic rings. The number of nitrogens with one attached hydrogen (secondary N) is 1. The number of thiazole rings is 1. The molecule has 0 spiro atoms. The SMILES string of the molecule is Cc1nn[nH][n+]1-c1nc([Si](C)(C)C)cs1. The van der Waals surface area contributed by atoms with Gasteiger partial charge in [-0.15, -0.1) is 9.67 Å². The smallest absolute Gasteiger partial charge is 0.132 e. The van der Waals surface area contributed by atoms with Crippen LogP contribution in [-0.2, 0) is 0 Å². The Bertz CT molecular complexity index is 469. The van der Waals surface area contributed by atoms with Crippen molar-refractivity contribution < 1.29 is 4.68 Å². The fourth-order valence-electron chi connectivity index (χ4n) is 1.15. The normalized spacial score (nSPS) is 12.0. The van der Waals surface area contributed by atoms with Crippen LogP contribution in [0.25, 0.3) is 5.13 Å². The molecule has 80 valence electrons. The molecular weight excluding hydrogens is 226 g/mol. The highest BCUT2D eigenvalue weighted by Crippen LogP contribution is 2.07. The Labute approximate surface area is 93.2 Å². The third-order valence-corrected chi connectivity index (χ3v) is 4.94. The van der Waals surface area contributed by atoms with Gasteiger partial charge >= 0.3 is 5.13 Å². The number of aromatic amines is 1. The zero-order chi connectivity index (χ0) is 11.1. The Morgan fingerprint density at radius 1 is 1.40 bits per heavy atom. The van der Waals surface area contributed by atoms with Gasteiger partial charge in [0, 0.05) is 17.4 Å². The van der Waals surface area contributed by atoms with E-state index in [1.165, 1.54) is 5.32 Å². The summed E-state index contributed by atoms with van der Waals surface area (Å²) in [4.78, 5) is 4.62. The molecule has 0 unspecified atom stereocenters. The monoisotopic (exact) mass is 240 g/mol. The maximum Gasteiger partial charge on any atom is 0.312 e. The summed E-state index contributed by atoms with van der Waals surface area (Å²) in [7, 11) is -1.31. The van der Waals surface area contributed by atoms with Crippen LogP contribution in [-0.4, -0.2) is 28.6 Å². The van der Waals surface area contributed by atoms with Gasteiger partial charge < -0.3 is 0 Å². The summed E-state index contributed by atoms with van der Waals surface area (Å²) >= 11 is 1.62. The highest BCUT2D eigenvalue weighted by Gasteiger charge is 2.24. The minimum Gasteiger partial charge on any atom is -0.132 e. The molecule has 0 bridgehead atoms. The van der Waals surface area contributed by atoms with Crippen LogP contribution in [0.2, 0.25) is 19.6 Å². The van der Waals surface area contributed by atoms with Gasteiger partial charge in [0.05, 0.1) is 5.32 Å². The molecule has 2 aromatic rings. The summed E-state index contributed by atoms with van der Waals surface area (Å²) in [6.45, 7) is 8.76. The molecule has 0 saturated carbocycles. The molecular formula is C8H14N5SSi+. The van der Waals surface area contributed by atoms with E-state index in [-0.39, 0.29) is 0 Å². The largest absolute Gasteiger partial charge is 0.312 e. The number of rotatable bonds is 2. The van der Waals surface area contributed by atoms with Crippen molar-refractivity contribution in [1.29, 1.82) is 0 Å². The lowest BCUT2D eigenvalue weighted by Crippen LogP contribution is -2.41. The number of tetrazole rings is 1. The average Bonchev–Trinajstić information content (AvgIpc) is 2.69. The zero-order valence-electron chi connectivity index (χ0n) is 9.27. The van der Waals surface area contributed by atoms with Gasteiger partial charge in [-0.25, -0.2) is 0 Å². The van der Waals surface area contributed by atoms with E-state index in [0.717, 1.165) is 11.0 Å². The van der Waals surface area contributed by atoms with Crippen molar-refractivity contribution in [2.45, 2.75) is 26.6 Å². The van der Waals surface area contributed by atoms with Gasteiger partial charge in [0.2, 0.25) is 0 Å². The minimum atomic E-state index is -1.31.